The average Bonchev–Trinajstić information content (AvgIpc) is 3.50. The fourth-order valence-electron chi connectivity index (χ4n) is 3.48. The Hall–Kier alpha value is -2.75. The molecule has 1 aliphatic carbocycles. The number of rotatable bonds is 5. The van der Waals surface area contributed by atoms with Gasteiger partial charge in [0.05, 0.1) is 16.9 Å². The first-order valence-electron chi connectivity index (χ1n) is 9.59. The lowest BCUT2D eigenvalue weighted by atomic mass is 9.99. The van der Waals surface area contributed by atoms with E-state index in [-0.39, 0.29) is 5.91 Å². The highest BCUT2D eigenvalue weighted by Crippen LogP contribution is 2.44. The van der Waals surface area contributed by atoms with E-state index in [1.807, 2.05) is 25.1 Å². The molecule has 4 nitrogen and oxygen atoms in total. The standard InChI is InChI=1S/C23H25N3O/c1-15-5-4-6-20(24-15)22-14-19(17-9-10-17)18-11-7-16(13-21(18)25-22)8-12-23(27)26(2)3/h4-7,11,13-14,17H,8-10,12H2,1-3H3. The molecule has 0 atom stereocenters. The van der Waals surface area contributed by atoms with Gasteiger partial charge in [-0.15, -0.1) is 0 Å². The summed E-state index contributed by atoms with van der Waals surface area (Å²) in [6.07, 6.45) is 3.76. The summed E-state index contributed by atoms with van der Waals surface area (Å²) in [5.74, 6) is 0.791. The van der Waals surface area contributed by atoms with Gasteiger partial charge < -0.3 is 4.90 Å². The molecular formula is C23H25N3O. The maximum atomic E-state index is 11.9. The van der Waals surface area contributed by atoms with Crippen molar-refractivity contribution in [3.63, 3.8) is 0 Å². The first-order valence-corrected chi connectivity index (χ1v) is 9.59. The molecule has 138 valence electrons. The van der Waals surface area contributed by atoms with Crippen LogP contribution in [-0.4, -0.2) is 34.9 Å². The second-order valence-corrected chi connectivity index (χ2v) is 7.67. The molecule has 4 heteroatoms. The van der Waals surface area contributed by atoms with E-state index >= 15 is 0 Å². The van der Waals surface area contributed by atoms with Crippen molar-refractivity contribution >= 4 is 16.8 Å². The van der Waals surface area contributed by atoms with Crippen molar-refractivity contribution in [2.75, 3.05) is 14.1 Å². The first-order chi connectivity index (χ1) is 13.0. The monoisotopic (exact) mass is 359 g/mol. The Morgan fingerprint density at radius 2 is 1.89 bits per heavy atom. The minimum atomic E-state index is 0.152. The Morgan fingerprint density at radius 3 is 2.59 bits per heavy atom. The molecule has 1 saturated carbocycles. The number of nitrogens with zero attached hydrogens (tertiary/aromatic N) is 3. The second kappa shape index (κ2) is 7.10. The molecule has 0 unspecified atom stereocenters. The molecule has 1 aromatic carbocycles. The van der Waals surface area contributed by atoms with Crippen LogP contribution in [-0.2, 0) is 11.2 Å². The highest BCUT2D eigenvalue weighted by atomic mass is 16.2. The fourth-order valence-corrected chi connectivity index (χ4v) is 3.48. The lowest BCUT2D eigenvalue weighted by Crippen LogP contribution is -2.21. The van der Waals surface area contributed by atoms with Crippen LogP contribution in [0.15, 0.2) is 42.5 Å². The third-order valence-electron chi connectivity index (χ3n) is 5.20. The van der Waals surface area contributed by atoms with Crippen LogP contribution in [0.5, 0.6) is 0 Å². The maximum absolute atomic E-state index is 11.9. The summed E-state index contributed by atoms with van der Waals surface area (Å²) in [6, 6.07) is 14.7. The number of hydrogen-bond acceptors (Lipinski definition) is 3. The number of amides is 1. The lowest BCUT2D eigenvalue weighted by Gasteiger charge is -2.12. The number of aryl methyl sites for hydroxylation is 2. The molecule has 1 amide bonds. The smallest absolute Gasteiger partial charge is 0.222 e. The number of hydrogen-bond donors (Lipinski definition) is 0. The Bertz CT molecular complexity index is 1010. The predicted molar refractivity (Wildman–Crippen MR) is 109 cm³/mol. The van der Waals surface area contributed by atoms with E-state index in [1.54, 1.807) is 19.0 Å². The van der Waals surface area contributed by atoms with E-state index in [2.05, 4.69) is 29.2 Å². The van der Waals surface area contributed by atoms with E-state index in [0.717, 1.165) is 34.6 Å². The zero-order chi connectivity index (χ0) is 19.0. The molecule has 4 rings (SSSR count). The van der Waals surface area contributed by atoms with E-state index in [4.69, 9.17) is 4.98 Å². The van der Waals surface area contributed by atoms with Crippen molar-refractivity contribution in [1.29, 1.82) is 0 Å². The van der Waals surface area contributed by atoms with Crippen LogP contribution < -0.4 is 0 Å². The van der Waals surface area contributed by atoms with Crippen molar-refractivity contribution in [2.45, 2.75) is 38.5 Å². The van der Waals surface area contributed by atoms with Gasteiger partial charge in [0.25, 0.3) is 0 Å². The largest absolute Gasteiger partial charge is 0.349 e. The van der Waals surface area contributed by atoms with Crippen molar-refractivity contribution in [1.82, 2.24) is 14.9 Å². The summed E-state index contributed by atoms with van der Waals surface area (Å²) in [5.41, 5.74) is 6.41. The number of fused-ring (bicyclic) bond motifs is 1. The molecule has 0 spiro atoms. The number of pyridine rings is 2. The number of benzene rings is 1. The normalized spacial score (nSPS) is 13.7. The van der Waals surface area contributed by atoms with Crippen molar-refractivity contribution in [2.24, 2.45) is 0 Å². The number of carbonyl (C=O) groups is 1. The van der Waals surface area contributed by atoms with Crippen molar-refractivity contribution in [3.8, 4) is 11.4 Å². The zero-order valence-corrected chi connectivity index (χ0v) is 16.2. The van der Waals surface area contributed by atoms with Crippen LogP contribution in [0.25, 0.3) is 22.3 Å². The zero-order valence-electron chi connectivity index (χ0n) is 16.2. The average molecular weight is 359 g/mol. The molecule has 27 heavy (non-hydrogen) atoms. The van der Waals surface area contributed by atoms with Crippen LogP contribution in [0.1, 0.15) is 42.0 Å². The fraction of sp³-hybridized carbons (Fsp3) is 0.348. The molecule has 0 N–H and O–H groups in total. The van der Waals surface area contributed by atoms with E-state index in [9.17, 15) is 4.79 Å². The van der Waals surface area contributed by atoms with Gasteiger partial charge in [0, 0.05) is 31.6 Å². The van der Waals surface area contributed by atoms with Crippen LogP contribution in [0.2, 0.25) is 0 Å². The SMILES string of the molecule is Cc1cccc(-c2cc(C3CC3)c3ccc(CCC(=O)N(C)C)cc3n2)n1. The van der Waals surface area contributed by atoms with E-state index in [0.29, 0.717) is 12.3 Å². The van der Waals surface area contributed by atoms with Gasteiger partial charge in [0.1, 0.15) is 0 Å². The van der Waals surface area contributed by atoms with Crippen LogP contribution >= 0.6 is 0 Å². The van der Waals surface area contributed by atoms with Crippen molar-refractivity contribution in [3.05, 3.63) is 59.3 Å². The summed E-state index contributed by atoms with van der Waals surface area (Å²) in [7, 11) is 3.60. The summed E-state index contributed by atoms with van der Waals surface area (Å²) >= 11 is 0. The minimum Gasteiger partial charge on any atom is -0.349 e. The van der Waals surface area contributed by atoms with Crippen LogP contribution in [0, 0.1) is 6.92 Å². The van der Waals surface area contributed by atoms with Gasteiger partial charge in [-0.3, -0.25) is 9.78 Å². The Kier molecular flexibility index (Phi) is 4.65. The van der Waals surface area contributed by atoms with Gasteiger partial charge in [0.15, 0.2) is 0 Å². The number of aromatic nitrogens is 2. The third kappa shape index (κ3) is 3.85. The van der Waals surface area contributed by atoms with Gasteiger partial charge in [0.2, 0.25) is 5.91 Å². The molecule has 3 aromatic rings. The third-order valence-corrected chi connectivity index (χ3v) is 5.20. The Morgan fingerprint density at radius 1 is 1.07 bits per heavy atom. The van der Waals surface area contributed by atoms with Crippen LogP contribution in [0.4, 0.5) is 0 Å². The quantitative estimate of drug-likeness (QED) is 0.674. The minimum absolute atomic E-state index is 0.152. The molecule has 0 radical (unpaired) electrons. The molecule has 0 saturated heterocycles. The molecule has 0 bridgehead atoms. The van der Waals surface area contributed by atoms with Crippen LogP contribution in [0.3, 0.4) is 0 Å². The summed E-state index contributed by atoms with van der Waals surface area (Å²) in [6.45, 7) is 2.01. The highest BCUT2D eigenvalue weighted by molar-refractivity contribution is 5.86. The topological polar surface area (TPSA) is 46.1 Å². The molecule has 1 aliphatic rings. The lowest BCUT2D eigenvalue weighted by molar-refractivity contribution is -0.128. The maximum Gasteiger partial charge on any atom is 0.222 e. The summed E-state index contributed by atoms with van der Waals surface area (Å²) in [5, 5.41) is 1.23. The predicted octanol–water partition coefficient (Wildman–Crippen LogP) is 4.50. The molecule has 2 heterocycles. The van der Waals surface area contributed by atoms with Gasteiger partial charge in [-0.2, -0.15) is 0 Å². The van der Waals surface area contributed by atoms with Gasteiger partial charge in [-0.05, 0) is 67.5 Å². The molecular weight excluding hydrogens is 334 g/mol. The summed E-state index contributed by atoms with van der Waals surface area (Å²) in [4.78, 5) is 23.1. The first kappa shape index (κ1) is 17.7. The van der Waals surface area contributed by atoms with Gasteiger partial charge in [-0.1, -0.05) is 18.2 Å². The summed E-state index contributed by atoms with van der Waals surface area (Å²) < 4.78 is 0. The van der Waals surface area contributed by atoms with E-state index < -0.39 is 0 Å². The second-order valence-electron chi connectivity index (χ2n) is 7.67. The van der Waals surface area contributed by atoms with Crippen molar-refractivity contribution < 1.29 is 4.79 Å². The molecule has 1 fully saturated rings. The Balaban J connectivity index is 1.74. The van der Waals surface area contributed by atoms with Gasteiger partial charge >= 0.3 is 0 Å². The Labute approximate surface area is 160 Å². The molecule has 2 aromatic heterocycles. The van der Waals surface area contributed by atoms with E-state index in [1.165, 1.54) is 23.8 Å². The van der Waals surface area contributed by atoms with Gasteiger partial charge in [-0.25, -0.2) is 4.98 Å². The molecule has 0 aliphatic heterocycles. The highest BCUT2D eigenvalue weighted by Gasteiger charge is 2.26. The number of carbonyl (C=O) groups excluding carboxylic acids is 1.